The molecule has 3 aromatic rings. The summed E-state index contributed by atoms with van der Waals surface area (Å²) < 4.78 is 24.1. The Labute approximate surface area is 254 Å². The summed E-state index contributed by atoms with van der Waals surface area (Å²) in [5, 5.41) is 15.0. The van der Waals surface area contributed by atoms with Gasteiger partial charge in [-0.3, -0.25) is 13.9 Å². The number of nitrogens with one attached hydrogen (secondary N) is 2. The average molecular weight is 626 g/mol. The highest BCUT2D eigenvalue weighted by Gasteiger charge is 2.41. The fourth-order valence-electron chi connectivity index (χ4n) is 4.25. The van der Waals surface area contributed by atoms with Crippen molar-refractivity contribution in [2.24, 2.45) is 22.4 Å². The maximum atomic E-state index is 13.5. The number of aliphatic carboxylic acids is 1. The van der Waals surface area contributed by atoms with Gasteiger partial charge < -0.3 is 36.8 Å². The lowest BCUT2D eigenvalue weighted by Gasteiger charge is -2.29. The minimum atomic E-state index is -4.83. The van der Waals surface area contributed by atoms with Crippen LogP contribution in [0.3, 0.4) is 0 Å². The Bertz CT molecular complexity index is 1500. The third-order valence-corrected chi connectivity index (χ3v) is 8.24. The molecule has 8 N–H and O–H groups in total. The molecule has 0 radical (unpaired) electrons. The lowest BCUT2D eigenvalue weighted by molar-refractivity contribution is -0.145. The van der Waals surface area contributed by atoms with Crippen LogP contribution < -0.4 is 22.1 Å². The van der Waals surface area contributed by atoms with E-state index in [-0.39, 0.29) is 30.2 Å². The third kappa shape index (κ3) is 10.2. The number of alkyl carbamates (subject to hydrolysis) is 1. The molecule has 234 valence electrons. The monoisotopic (exact) mass is 625 g/mol. The smallest absolute Gasteiger partial charge is 0.407 e. The minimum absolute atomic E-state index is 0.00506. The quantitative estimate of drug-likeness (QED) is 0.0857. The summed E-state index contributed by atoms with van der Waals surface area (Å²) >= 11 is 0. The Morgan fingerprint density at radius 1 is 0.909 bits per heavy atom. The number of amides is 2. The minimum Gasteiger partial charge on any atom is -0.479 e. The van der Waals surface area contributed by atoms with Gasteiger partial charge in [0.05, 0.1) is 18.2 Å². The number of ether oxygens (including phenoxy) is 1. The molecule has 0 aromatic heterocycles. The van der Waals surface area contributed by atoms with E-state index in [1.807, 2.05) is 18.2 Å². The second-order valence-electron chi connectivity index (χ2n) is 10.1. The second kappa shape index (κ2) is 15.7. The topological polar surface area (TPSA) is 216 Å². The van der Waals surface area contributed by atoms with Gasteiger partial charge in [-0.1, -0.05) is 86.6 Å². The molecule has 0 aliphatic rings. The standard InChI is InChI=1S/C30H36N5O8P/c1-19(2)27(44(40,41)43-26(28(37)38)22-14-9-15-23(16-22)33-29(31)32)35-25(36)17-24(21-12-7-4-8-13-21)34-30(39)42-18-20-10-5-3-6-11-20/h3-16,19,24,26-27H,17-18H2,1-2H3,(H,34,39)(H,35,36)(H,37,38)(H,40,41)(H4,31,32,33). The van der Waals surface area contributed by atoms with Gasteiger partial charge in [-0.05, 0) is 34.7 Å². The van der Waals surface area contributed by atoms with Crippen molar-refractivity contribution in [1.29, 1.82) is 0 Å². The number of carbonyl (C=O) groups excluding carboxylic acids is 2. The molecule has 0 aliphatic heterocycles. The summed E-state index contributed by atoms with van der Waals surface area (Å²) in [6, 6.07) is 22.5. The van der Waals surface area contributed by atoms with Gasteiger partial charge in [-0.25, -0.2) is 14.6 Å². The summed E-state index contributed by atoms with van der Waals surface area (Å²) in [4.78, 5) is 52.8. The Kier molecular flexibility index (Phi) is 12.0. The van der Waals surface area contributed by atoms with Crippen LogP contribution in [0.25, 0.3) is 0 Å². The lowest BCUT2D eigenvalue weighted by atomic mass is 10.0. The van der Waals surface area contributed by atoms with Gasteiger partial charge in [0, 0.05) is 0 Å². The summed E-state index contributed by atoms with van der Waals surface area (Å²) in [5.74, 6) is -4.65. The van der Waals surface area contributed by atoms with Crippen LogP contribution in [0.1, 0.15) is 49.1 Å². The van der Waals surface area contributed by atoms with Crippen LogP contribution in [-0.4, -0.2) is 39.7 Å². The number of hydrogen-bond donors (Lipinski definition) is 6. The van der Waals surface area contributed by atoms with E-state index in [0.717, 1.165) is 5.56 Å². The Hall–Kier alpha value is -4.71. The number of carboxylic acids is 1. The zero-order valence-corrected chi connectivity index (χ0v) is 25.1. The van der Waals surface area contributed by atoms with Gasteiger partial charge >= 0.3 is 19.7 Å². The van der Waals surface area contributed by atoms with Crippen LogP contribution in [0.4, 0.5) is 10.5 Å². The Morgan fingerprint density at radius 2 is 1.52 bits per heavy atom. The predicted molar refractivity (Wildman–Crippen MR) is 164 cm³/mol. The molecule has 3 rings (SSSR count). The molecule has 0 spiro atoms. The Balaban J connectivity index is 1.76. The highest BCUT2D eigenvalue weighted by atomic mass is 31.2. The van der Waals surface area contributed by atoms with Gasteiger partial charge in [0.2, 0.25) is 5.91 Å². The molecule has 0 heterocycles. The molecule has 4 atom stereocenters. The maximum absolute atomic E-state index is 13.5. The van der Waals surface area contributed by atoms with Crippen LogP contribution in [0.15, 0.2) is 89.9 Å². The number of benzene rings is 3. The van der Waals surface area contributed by atoms with Gasteiger partial charge in [0.1, 0.15) is 12.4 Å². The molecular formula is C30H36N5O8P. The van der Waals surface area contributed by atoms with E-state index < -0.39 is 49.4 Å². The summed E-state index contributed by atoms with van der Waals surface area (Å²) in [6.07, 6.45) is -2.97. The predicted octanol–water partition coefficient (Wildman–Crippen LogP) is 4.08. The summed E-state index contributed by atoms with van der Waals surface area (Å²) in [7, 11) is -4.83. The zero-order valence-electron chi connectivity index (χ0n) is 24.2. The lowest BCUT2D eigenvalue weighted by Crippen LogP contribution is -2.41. The largest absolute Gasteiger partial charge is 0.479 e. The van der Waals surface area contributed by atoms with E-state index in [1.165, 1.54) is 24.3 Å². The third-order valence-electron chi connectivity index (χ3n) is 6.30. The van der Waals surface area contributed by atoms with Crippen molar-refractivity contribution < 1.29 is 38.2 Å². The van der Waals surface area contributed by atoms with Crippen molar-refractivity contribution in [2.45, 2.75) is 44.8 Å². The first-order chi connectivity index (χ1) is 20.9. The molecular weight excluding hydrogens is 589 g/mol. The number of guanidine groups is 1. The van der Waals surface area contributed by atoms with Gasteiger partial charge in [-0.2, -0.15) is 0 Å². The van der Waals surface area contributed by atoms with Crippen LogP contribution >= 0.6 is 7.60 Å². The maximum Gasteiger partial charge on any atom is 0.407 e. The van der Waals surface area contributed by atoms with Crippen molar-refractivity contribution >= 4 is 37.2 Å². The number of carboxylic acid groups (broad SMARTS) is 1. The molecule has 3 aromatic carbocycles. The van der Waals surface area contributed by atoms with E-state index in [1.54, 1.807) is 56.3 Å². The Morgan fingerprint density at radius 3 is 2.11 bits per heavy atom. The van der Waals surface area contributed by atoms with E-state index in [0.29, 0.717) is 5.56 Å². The van der Waals surface area contributed by atoms with E-state index >= 15 is 0 Å². The fraction of sp³-hybridized carbons (Fsp3) is 0.267. The van der Waals surface area contributed by atoms with Crippen molar-refractivity contribution in [3.63, 3.8) is 0 Å². The van der Waals surface area contributed by atoms with Gasteiger partial charge in [-0.15, -0.1) is 0 Å². The van der Waals surface area contributed by atoms with Crippen LogP contribution in [0, 0.1) is 5.92 Å². The van der Waals surface area contributed by atoms with Crippen LogP contribution in [0.2, 0.25) is 0 Å². The molecule has 0 saturated heterocycles. The molecule has 0 aliphatic carbocycles. The molecule has 44 heavy (non-hydrogen) atoms. The molecule has 13 nitrogen and oxygen atoms in total. The normalized spacial score (nSPS) is 14.4. The average Bonchev–Trinajstić information content (AvgIpc) is 2.97. The van der Waals surface area contributed by atoms with Gasteiger partial charge in [0.25, 0.3) is 0 Å². The molecule has 4 unspecified atom stereocenters. The molecule has 0 fully saturated rings. The molecule has 0 bridgehead atoms. The first kappa shape index (κ1) is 33.8. The van der Waals surface area contributed by atoms with Crippen molar-refractivity contribution in [3.8, 4) is 0 Å². The molecule has 2 amide bonds. The fourth-order valence-corrected chi connectivity index (χ4v) is 5.96. The first-order valence-corrected chi connectivity index (χ1v) is 15.2. The van der Waals surface area contributed by atoms with Crippen LogP contribution in [-0.2, 0) is 30.0 Å². The number of nitrogens with zero attached hydrogens (tertiary/aromatic N) is 1. The van der Waals surface area contributed by atoms with Crippen molar-refractivity contribution in [1.82, 2.24) is 10.6 Å². The van der Waals surface area contributed by atoms with E-state index in [2.05, 4.69) is 15.6 Å². The molecule has 0 saturated carbocycles. The van der Waals surface area contributed by atoms with Crippen molar-refractivity contribution in [3.05, 3.63) is 102 Å². The van der Waals surface area contributed by atoms with E-state index in [9.17, 15) is 28.9 Å². The van der Waals surface area contributed by atoms with Crippen LogP contribution in [0.5, 0.6) is 0 Å². The number of nitrogens with two attached hydrogens (primary N) is 2. The number of carbonyl (C=O) groups is 3. The second-order valence-corrected chi connectivity index (χ2v) is 12.0. The highest BCUT2D eigenvalue weighted by molar-refractivity contribution is 7.53. The van der Waals surface area contributed by atoms with E-state index in [4.69, 9.17) is 20.7 Å². The first-order valence-electron chi connectivity index (χ1n) is 13.6. The highest BCUT2D eigenvalue weighted by Crippen LogP contribution is 2.53. The summed E-state index contributed by atoms with van der Waals surface area (Å²) in [6.45, 7) is 3.15. The number of aliphatic imine (C=N–C) groups is 1. The SMILES string of the molecule is CC(C)C(NC(=O)CC(NC(=O)OCc1ccccc1)c1ccccc1)P(=O)(O)OC(C(=O)O)c1cccc(N=C(N)N)c1. The zero-order chi connectivity index (χ0) is 32.3. The number of hydrogen-bond acceptors (Lipinski definition) is 7. The molecule has 14 heteroatoms. The number of rotatable bonds is 14. The van der Waals surface area contributed by atoms with Gasteiger partial charge in [0.15, 0.2) is 12.1 Å². The van der Waals surface area contributed by atoms with Crippen molar-refractivity contribution in [2.75, 3.05) is 0 Å². The summed E-state index contributed by atoms with van der Waals surface area (Å²) in [5.41, 5.74) is 12.4.